The molecule has 5 heteroatoms. The van der Waals surface area contributed by atoms with Gasteiger partial charge in [-0.1, -0.05) is 6.92 Å². The fraction of sp³-hybridized carbons (Fsp3) is 0.867. The molecule has 0 amide bonds. The average molecular weight is 282 g/mol. The van der Waals surface area contributed by atoms with Crippen LogP contribution in [0.5, 0.6) is 0 Å². The molecule has 0 radical (unpaired) electrons. The van der Waals surface area contributed by atoms with E-state index in [1.807, 2.05) is 13.8 Å². The lowest BCUT2D eigenvalue weighted by Gasteiger charge is -2.31. The van der Waals surface area contributed by atoms with Gasteiger partial charge in [0, 0.05) is 18.4 Å². The predicted octanol–water partition coefficient (Wildman–Crippen LogP) is 1.28. The van der Waals surface area contributed by atoms with E-state index in [9.17, 15) is 9.59 Å². The van der Waals surface area contributed by atoms with Crippen molar-refractivity contribution >= 4 is 11.9 Å². The van der Waals surface area contributed by atoms with Crippen LogP contribution in [0.25, 0.3) is 0 Å². The van der Waals surface area contributed by atoms with E-state index in [0.29, 0.717) is 12.8 Å². The highest BCUT2D eigenvalue weighted by molar-refractivity contribution is 5.78. The number of esters is 2. The molecule has 1 N–H and O–H groups in total. The summed E-state index contributed by atoms with van der Waals surface area (Å²) in [5.74, 6) is 0.160. The molecule has 1 heterocycles. The van der Waals surface area contributed by atoms with Crippen molar-refractivity contribution in [1.82, 2.24) is 0 Å². The molecular weight excluding hydrogens is 260 g/mol. The van der Waals surface area contributed by atoms with E-state index in [4.69, 9.17) is 14.6 Å². The zero-order chi connectivity index (χ0) is 14.5. The van der Waals surface area contributed by atoms with Crippen LogP contribution < -0.4 is 0 Å². The predicted molar refractivity (Wildman–Crippen MR) is 69.6 cm³/mol. The largest absolute Gasteiger partial charge is 0.458 e. The zero-order valence-corrected chi connectivity index (χ0v) is 12.0. The Morgan fingerprint density at radius 2 is 2.25 bits per heavy atom. The smallest absolute Gasteiger partial charge is 0.312 e. The molecule has 2 bridgehead atoms. The minimum atomic E-state index is -0.654. The third kappa shape index (κ3) is 1.86. The minimum absolute atomic E-state index is 0.0311. The van der Waals surface area contributed by atoms with Gasteiger partial charge < -0.3 is 14.6 Å². The Balaban J connectivity index is 1.70. The van der Waals surface area contributed by atoms with Crippen LogP contribution in [-0.2, 0) is 19.1 Å². The maximum atomic E-state index is 12.4. The summed E-state index contributed by atoms with van der Waals surface area (Å²) in [6.45, 7) is 3.71. The van der Waals surface area contributed by atoms with Crippen molar-refractivity contribution in [3.8, 4) is 0 Å². The van der Waals surface area contributed by atoms with Gasteiger partial charge >= 0.3 is 11.9 Å². The molecule has 2 aliphatic carbocycles. The highest BCUT2D eigenvalue weighted by atomic mass is 16.6. The number of aliphatic hydroxyl groups is 1. The third-order valence-electron chi connectivity index (χ3n) is 5.59. The summed E-state index contributed by atoms with van der Waals surface area (Å²) in [5, 5.41) is 9.11. The summed E-state index contributed by atoms with van der Waals surface area (Å²) < 4.78 is 11.1. The van der Waals surface area contributed by atoms with Crippen LogP contribution in [0.1, 0.15) is 39.5 Å². The number of hydrogen-bond acceptors (Lipinski definition) is 5. The summed E-state index contributed by atoms with van der Waals surface area (Å²) in [6.07, 6.45) is 2.24. The van der Waals surface area contributed by atoms with Gasteiger partial charge in [-0.25, -0.2) is 0 Å². The quantitative estimate of drug-likeness (QED) is 0.769. The Hall–Kier alpha value is -1.10. The van der Waals surface area contributed by atoms with Gasteiger partial charge in [0.2, 0.25) is 0 Å². The van der Waals surface area contributed by atoms with Crippen LogP contribution in [0, 0.1) is 23.2 Å². The van der Waals surface area contributed by atoms with Crippen LogP contribution in [0.4, 0.5) is 0 Å². The van der Waals surface area contributed by atoms with Gasteiger partial charge in [-0.3, -0.25) is 9.59 Å². The Labute approximate surface area is 118 Å². The SMILES string of the molecule is CCC(C)(CCO)C(=O)OC1C2CC3C(=O)OC1C3C2. The molecule has 3 rings (SSSR count). The molecular formula is C15H22O5. The normalized spacial score (nSPS) is 40.5. The van der Waals surface area contributed by atoms with E-state index in [-0.39, 0.29) is 48.5 Å². The number of ether oxygens (including phenoxy) is 2. The fourth-order valence-electron chi connectivity index (χ4n) is 4.00. The Bertz CT molecular complexity index is 434. The van der Waals surface area contributed by atoms with Gasteiger partial charge in [0.1, 0.15) is 12.2 Å². The van der Waals surface area contributed by atoms with Gasteiger partial charge in [0.05, 0.1) is 11.3 Å². The molecule has 0 spiro atoms. The van der Waals surface area contributed by atoms with Gasteiger partial charge in [-0.2, -0.15) is 0 Å². The van der Waals surface area contributed by atoms with E-state index in [1.165, 1.54) is 0 Å². The maximum absolute atomic E-state index is 12.4. The molecule has 5 nitrogen and oxygen atoms in total. The van der Waals surface area contributed by atoms with Crippen LogP contribution >= 0.6 is 0 Å². The summed E-state index contributed by atoms with van der Waals surface area (Å²) in [7, 11) is 0. The minimum Gasteiger partial charge on any atom is -0.458 e. The lowest BCUT2D eigenvalue weighted by Crippen LogP contribution is -2.40. The Kier molecular flexibility index (Phi) is 3.27. The van der Waals surface area contributed by atoms with Gasteiger partial charge in [-0.15, -0.1) is 0 Å². The van der Waals surface area contributed by atoms with Crippen molar-refractivity contribution < 1.29 is 24.2 Å². The maximum Gasteiger partial charge on any atom is 0.312 e. The second kappa shape index (κ2) is 4.72. The van der Waals surface area contributed by atoms with Crippen LogP contribution in [0.2, 0.25) is 0 Å². The van der Waals surface area contributed by atoms with Gasteiger partial charge in [-0.05, 0) is 32.6 Å². The molecule has 20 heavy (non-hydrogen) atoms. The number of hydrogen-bond donors (Lipinski definition) is 1. The first kappa shape index (κ1) is 13.9. The van der Waals surface area contributed by atoms with Crippen LogP contribution in [0.15, 0.2) is 0 Å². The molecule has 112 valence electrons. The summed E-state index contributed by atoms with van der Waals surface area (Å²) >= 11 is 0. The van der Waals surface area contributed by atoms with E-state index in [0.717, 1.165) is 12.8 Å². The van der Waals surface area contributed by atoms with Crippen molar-refractivity contribution in [1.29, 1.82) is 0 Å². The summed E-state index contributed by atoms with van der Waals surface area (Å²) in [5.41, 5.74) is -0.654. The second-order valence-corrected chi connectivity index (χ2v) is 6.66. The number of carbonyl (C=O) groups excluding carboxylic acids is 2. The molecule has 0 aromatic carbocycles. The first-order valence-electron chi connectivity index (χ1n) is 7.52. The van der Waals surface area contributed by atoms with Gasteiger partial charge in [0.15, 0.2) is 0 Å². The zero-order valence-electron chi connectivity index (χ0n) is 12.0. The second-order valence-electron chi connectivity index (χ2n) is 6.66. The molecule has 0 aromatic heterocycles. The monoisotopic (exact) mass is 282 g/mol. The highest BCUT2D eigenvalue weighted by Crippen LogP contribution is 2.55. The number of aliphatic hydroxyl groups excluding tert-OH is 1. The number of rotatable bonds is 5. The van der Waals surface area contributed by atoms with Crippen molar-refractivity contribution in [2.24, 2.45) is 23.2 Å². The van der Waals surface area contributed by atoms with Crippen LogP contribution in [-0.4, -0.2) is 35.9 Å². The van der Waals surface area contributed by atoms with Crippen molar-refractivity contribution in [3.63, 3.8) is 0 Å². The molecule has 3 fully saturated rings. The Morgan fingerprint density at radius 3 is 2.90 bits per heavy atom. The van der Waals surface area contributed by atoms with Gasteiger partial charge in [0.25, 0.3) is 0 Å². The third-order valence-corrected chi connectivity index (χ3v) is 5.59. The standard InChI is InChI=1S/C15H22O5/c1-3-15(2,4-5-16)14(18)20-11-8-6-9-10(7-8)13(17)19-12(9)11/h8-12,16H,3-7H2,1-2H3. The van der Waals surface area contributed by atoms with E-state index >= 15 is 0 Å². The fourth-order valence-corrected chi connectivity index (χ4v) is 4.00. The van der Waals surface area contributed by atoms with Crippen molar-refractivity contribution in [3.05, 3.63) is 0 Å². The lowest BCUT2D eigenvalue weighted by atomic mass is 9.83. The summed E-state index contributed by atoms with van der Waals surface area (Å²) in [6, 6.07) is 0. The van der Waals surface area contributed by atoms with Crippen molar-refractivity contribution in [2.75, 3.05) is 6.61 Å². The highest BCUT2D eigenvalue weighted by Gasteiger charge is 2.63. The summed E-state index contributed by atoms with van der Waals surface area (Å²) in [4.78, 5) is 24.1. The molecule has 6 unspecified atom stereocenters. The molecule has 1 aliphatic heterocycles. The molecule has 1 saturated heterocycles. The Morgan fingerprint density at radius 1 is 1.50 bits per heavy atom. The van der Waals surface area contributed by atoms with Crippen LogP contribution in [0.3, 0.4) is 0 Å². The number of fused-ring (bicyclic) bond motifs is 1. The van der Waals surface area contributed by atoms with E-state index in [2.05, 4.69) is 0 Å². The first-order chi connectivity index (χ1) is 9.50. The first-order valence-corrected chi connectivity index (χ1v) is 7.52. The molecule has 3 aliphatic rings. The molecule has 6 atom stereocenters. The average Bonchev–Trinajstić information content (AvgIpc) is 3.03. The van der Waals surface area contributed by atoms with E-state index in [1.54, 1.807) is 0 Å². The topological polar surface area (TPSA) is 72.8 Å². The lowest BCUT2D eigenvalue weighted by molar-refractivity contribution is -0.172. The molecule has 0 aromatic rings. The number of carbonyl (C=O) groups is 2. The van der Waals surface area contributed by atoms with Crippen molar-refractivity contribution in [2.45, 2.75) is 51.7 Å². The van der Waals surface area contributed by atoms with E-state index < -0.39 is 5.41 Å². The molecule has 2 saturated carbocycles.